The standard InChI is InChI=1S/C20H28O3/c1-19-8-6-13(21)10-12(19)11-16(23-3)18-14-4-5-17(22)20(14,2)9-7-15(18)19/h5-6,8,10,12,14-16,18,21-22H,4,7,9,11H2,1-3H3/t12?,14-,15+,16?,18-,19-,20-/m0/s1. The highest BCUT2D eigenvalue weighted by molar-refractivity contribution is 5.29. The normalized spacial score (nSPS) is 51.3. The van der Waals surface area contributed by atoms with Crippen molar-refractivity contribution in [1.82, 2.24) is 0 Å². The molecule has 126 valence electrons. The van der Waals surface area contributed by atoms with E-state index in [-0.39, 0.29) is 16.9 Å². The van der Waals surface area contributed by atoms with Gasteiger partial charge in [-0.3, -0.25) is 0 Å². The van der Waals surface area contributed by atoms with E-state index in [0.29, 0.717) is 35.2 Å². The zero-order valence-electron chi connectivity index (χ0n) is 14.3. The van der Waals surface area contributed by atoms with Crippen LogP contribution in [0.2, 0.25) is 0 Å². The number of ether oxygens (including phenoxy) is 1. The molecule has 0 aliphatic heterocycles. The second-order valence-corrected chi connectivity index (χ2v) is 8.48. The number of aliphatic hydroxyl groups is 2. The summed E-state index contributed by atoms with van der Waals surface area (Å²) in [7, 11) is 1.82. The molecule has 4 rings (SSSR count). The van der Waals surface area contributed by atoms with Crippen LogP contribution in [0.1, 0.15) is 39.5 Å². The van der Waals surface area contributed by atoms with Crippen LogP contribution in [-0.2, 0) is 4.74 Å². The predicted octanol–water partition coefficient (Wildman–Crippen LogP) is 4.53. The van der Waals surface area contributed by atoms with E-state index < -0.39 is 0 Å². The van der Waals surface area contributed by atoms with Crippen molar-refractivity contribution < 1.29 is 14.9 Å². The maximum absolute atomic E-state index is 10.4. The third-order valence-electron chi connectivity index (χ3n) is 7.67. The average Bonchev–Trinajstić information content (AvgIpc) is 2.83. The molecule has 0 saturated heterocycles. The Balaban J connectivity index is 1.74. The first kappa shape index (κ1) is 15.3. The summed E-state index contributed by atoms with van der Waals surface area (Å²) in [6.45, 7) is 4.59. The molecule has 4 aliphatic rings. The topological polar surface area (TPSA) is 49.7 Å². The lowest BCUT2D eigenvalue weighted by Gasteiger charge is -2.59. The van der Waals surface area contributed by atoms with Gasteiger partial charge in [0.15, 0.2) is 0 Å². The summed E-state index contributed by atoms with van der Waals surface area (Å²) < 4.78 is 5.94. The molecule has 3 heteroatoms. The Kier molecular flexibility index (Phi) is 3.26. The lowest BCUT2D eigenvalue weighted by Crippen LogP contribution is -2.56. The molecule has 0 spiro atoms. The number of rotatable bonds is 1. The summed E-state index contributed by atoms with van der Waals surface area (Å²) in [5, 5.41) is 20.4. The Bertz CT molecular complexity index is 604. The van der Waals surface area contributed by atoms with Crippen LogP contribution < -0.4 is 0 Å². The van der Waals surface area contributed by atoms with Crippen LogP contribution in [0.4, 0.5) is 0 Å². The largest absolute Gasteiger partial charge is 0.512 e. The van der Waals surface area contributed by atoms with Gasteiger partial charge in [0.2, 0.25) is 0 Å². The highest BCUT2D eigenvalue weighted by Crippen LogP contribution is 2.64. The van der Waals surface area contributed by atoms with Gasteiger partial charge in [0.05, 0.1) is 11.9 Å². The van der Waals surface area contributed by atoms with E-state index in [0.717, 1.165) is 25.7 Å². The molecule has 0 aromatic heterocycles. The van der Waals surface area contributed by atoms with E-state index in [1.807, 2.05) is 25.3 Å². The summed E-state index contributed by atoms with van der Waals surface area (Å²) in [5.41, 5.74) is 0.0168. The first-order valence-corrected chi connectivity index (χ1v) is 8.92. The minimum Gasteiger partial charge on any atom is -0.512 e. The fourth-order valence-corrected chi connectivity index (χ4v) is 6.20. The third-order valence-corrected chi connectivity index (χ3v) is 7.67. The number of methoxy groups -OCH3 is 1. The summed E-state index contributed by atoms with van der Waals surface area (Å²) in [5.74, 6) is 2.81. The number of hydrogen-bond acceptors (Lipinski definition) is 3. The lowest BCUT2D eigenvalue weighted by atomic mass is 9.46. The number of hydrogen-bond donors (Lipinski definition) is 2. The molecule has 0 aromatic carbocycles. The van der Waals surface area contributed by atoms with Crippen LogP contribution in [-0.4, -0.2) is 23.4 Å². The molecule has 2 saturated carbocycles. The molecule has 2 fully saturated rings. The second-order valence-electron chi connectivity index (χ2n) is 8.48. The molecule has 23 heavy (non-hydrogen) atoms. The minimum absolute atomic E-state index is 0.0719. The van der Waals surface area contributed by atoms with Crippen LogP contribution in [0.15, 0.2) is 35.8 Å². The molecule has 0 heterocycles. The van der Waals surface area contributed by atoms with Crippen molar-refractivity contribution in [2.24, 2.45) is 34.5 Å². The van der Waals surface area contributed by atoms with Crippen LogP contribution in [0.5, 0.6) is 0 Å². The summed E-state index contributed by atoms with van der Waals surface area (Å²) in [4.78, 5) is 0. The SMILES string of the molecule is COC1CC2C=C(O)C=C[C@]2(C)[C@@H]2CC[C@]3(C)C(O)=CC[C@H]3[C@H]12. The Hall–Kier alpha value is -1.22. The molecule has 0 amide bonds. The molecule has 4 aliphatic carbocycles. The number of aliphatic hydroxyl groups excluding tert-OH is 2. The van der Waals surface area contributed by atoms with Crippen LogP contribution in [0.3, 0.4) is 0 Å². The maximum atomic E-state index is 10.4. The molecule has 0 bridgehead atoms. The van der Waals surface area contributed by atoms with Crippen molar-refractivity contribution in [3.8, 4) is 0 Å². The third kappa shape index (κ3) is 1.92. The Labute approximate surface area is 138 Å². The Morgan fingerprint density at radius 3 is 2.74 bits per heavy atom. The molecular weight excluding hydrogens is 288 g/mol. The molecule has 2 N–H and O–H groups in total. The van der Waals surface area contributed by atoms with Gasteiger partial charge < -0.3 is 14.9 Å². The quantitative estimate of drug-likeness (QED) is 0.747. The fourth-order valence-electron chi connectivity index (χ4n) is 6.20. The number of allylic oxidation sites excluding steroid dienone is 5. The predicted molar refractivity (Wildman–Crippen MR) is 90.0 cm³/mol. The van der Waals surface area contributed by atoms with Gasteiger partial charge in [0.25, 0.3) is 0 Å². The second kappa shape index (κ2) is 4.89. The van der Waals surface area contributed by atoms with Gasteiger partial charge in [-0.25, -0.2) is 0 Å². The minimum atomic E-state index is -0.0719. The highest BCUT2D eigenvalue weighted by atomic mass is 16.5. The Morgan fingerprint density at radius 2 is 2.00 bits per heavy atom. The van der Waals surface area contributed by atoms with Crippen molar-refractivity contribution in [2.75, 3.05) is 7.11 Å². The van der Waals surface area contributed by atoms with Gasteiger partial charge in [-0.1, -0.05) is 19.9 Å². The van der Waals surface area contributed by atoms with Crippen LogP contribution in [0, 0.1) is 34.5 Å². The van der Waals surface area contributed by atoms with Crippen molar-refractivity contribution >= 4 is 0 Å². The highest BCUT2D eigenvalue weighted by Gasteiger charge is 2.60. The van der Waals surface area contributed by atoms with Gasteiger partial charge in [-0.05, 0) is 73.0 Å². The van der Waals surface area contributed by atoms with Gasteiger partial charge in [0.1, 0.15) is 5.76 Å². The first-order valence-electron chi connectivity index (χ1n) is 8.92. The van der Waals surface area contributed by atoms with E-state index in [1.54, 1.807) is 0 Å². The monoisotopic (exact) mass is 316 g/mol. The van der Waals surface area contributed by atoms with Crippen molar-refractivity contribution in [1.29, 1.82) is 0 Å². The molecule has 3 nitrogen and oxygen atoms in total. The lowest BCUT2D eigenvalue weighted by molar-refractivity contribution is -0.134. The molecule has 2 unspecified atom stereocenters. The molecular formula is C20H28O3. The summed E-state index contributed by atoms with van der Waals surface area (Å²) in [6, 6.07) is 0. The molecule has 0 aromatic rings. The summed E-state index contributed by atoms with van der Waals surface area (Å²) in [6.07, 6.45) is 12.5. The van der Waals surface area contributed by atoms with Gasteiger partial charge in [-0.2, -0.15) is 0 Å². The Morgan fingerprint density at radius 1 is 1.22 bits per heavy atom. The van der Waals surface area contributed by atoms with E-state index in [9.17, 15) is 10.2 Å². The van der Waals surface area contributed by atoms with Crippen molar-refractivity contribution in [3.63, 3.8) is 0 Å². The fraction of sp³-hybridized carbons (Fsp3) is 0.700. The van der Waals surface area contributed by atoms with Crippen molar-refractivity contribution in [2.45, 2.75) is 45.6 Å². The van der Waals surface area contributed by atoms with E-state index in [4.69, 9.17) is 4.74 Å². The average molecular weight is 316 g/mol. The number of fused-ring (bicyclic) bond motifs is 5. The molecule has 0 radical (unpaired) electrons. The van der Waals surface area contributed by atoms with Gasteiger partial charge in [-0.15, -0.1) is 0 Å². The summed E-state index contributed by atoms with van der Waals surface area (Å²) >= 11 is 0. The van der Waals surface area contributed by atoms with E-state index in [1.165, 1.54) is 0 Å². The van der Waals surface area contributed by atoms with Crippen molar-refractivity contribution in [3.05, 3.63) is 35.8 Å². The van der Waals surface area contributed by atoms with E-state index >= 15 is 0 Å². The zero-order valence-corrected chi connectivity index (χ0v) is 14.3. The maximum Gasteiger partial charge on any atom is 0.111 e. The molecule has 7 atom stereocenters. The van der Waals surface area contributed by atoms with Gasteiger partial charge >= 0.3 is 0 Å². The van der Waals surface area contributed by atoms with E-state index in [2.05, 4.69) is 19.9 Å². The first-order chi connectivity index (χ1) is 10.9. The van der Waals surface area contributed by atoms with Crippen LogP contribution >= 0.6 is 0 Å². The zero-order chi connectivity index (χ0) is 16.4. The smallest absolute Gasteiger partial charge is 0.111 e. The van der Waals surface area contributed by atoms with Crippen LogP contribution in [0.25, 0.3) is 0 Å². The van der Waals surface area contributed by atoms with Gasteiger partial charge in [0, 0.05) is 12.5 Å².